The highest BCUT2D eigenvalue weighted by Gasteiger charge is 2.20. The van der Waals surface area contributed by atoms with E-state index in [1.54, 1.807) is 24.7 Å². The zero-order chi connectivity index (χ0) is 15.2. The Morgan fingerprint density at radius 1 is 1.24 bits per heavy atom. The van der Waals surface area contributed by atoms with Crippen molar-refractivity contribution >= 4 is 43.6 Å². The summed E-state index contributed by atoms with van der Waals surface area (Å²) in [5.41, 5.74) is 0.904. The van der Waals surface area contributed by atoms with Gasteiger partial charge >= 0.3 is 0 Å². The quantitative estimate of drug-likeness (QED) is 0.785. The van der Waals surface area contributed by atoms with E-state index >= 15 is 0 Å². The predicted octanol–water partition coefficient (Wildman–Crippen LogP) is 4.52. The summed E-state index contributed by atoms with van der Waals surface area (Å²) in [5.74, 6) is 0.254. The lowest BCUT2D eigenvalue weighted by Crippen LogP contribution is -2.21. The van der Waals surface area contributed by atoms with Crippen LogP contribution in [0.25, 0.3) is 0 Å². The van der Waals surface area contributed by atoms with Gasteiger partial charge in [0, 0.05) is 27.5 Å². The van der Waals surface area contributed by atoms with Crippen LogP contribution in [0.15, 0.2) is 45.7 Å². The van der Waals surface area contributed by atoms with Gasteiger partial charge in [0.1, 0.15) is 5.82 Å². The van der Waals surface area contributed by atoms with Gasteiger partial charge in [0.05, 0.1) is 5.92 Å². The van der Waals surface area contributed by atoms with Crippen LogP contribution in [0.5, 0.6) is 0 Å². The Hall–Kier alpha value is -1.27. The third-order valence-electron chi connectivity index (χ3n) is 3.00. The van der Waals surface area contributed by atoms with Crippen molar-refractivity contribution in [2.24, 2.45) is 0 Å². The molecule has 110 valence electrons. The molecular weight excluding hydrogens is 398 g/mol. The Labute approximate surface area is 140 Å². The molecule has 0 saturated carbocycles. The van der Waals surface area contributed by atoms with Gasteiger partial charge in [-0.1, -0.05) is 13.3 Å². The second kappa shape index (κ2) is 7.66. The molecule has 0 aliphatic carbocycles. The zero-order valence-electron chi connectivity index (χ0n) is 11.5. The van der Waals surface area contributed by atoms with Crippen LogP contribution >= 0.6 is 31.9 Å². The van der Waals surface area contributed by atoms with Gasteiger partial charge in [0.2, 0.25) is 5.91 Å². The van der Waals surface area contributed by atoms with E-state index in [-0.39, 0.29) is 11.8 Å². The second-order valence-corrected chi connectivity index (χ2v) is 6.46. The van der Waals surface area contributed by atoms with Crippen LogP contribution in [0.3, 0.4) is 0 Å². The van der Waals surface area contributed by atoms with Crippen molar-refractivity contribution in [1.82, 2.24) is 9.97 Å². The molecule has 2 aromatic rings. The SMILES string of the molecule is CCCC(C(=O)Nc1ccc(Br)cn1)c1cncc(Br)c1. The van der Waals surface area contributed by atoms with Crippen molar-refractivity contribution in [3.05, 3.63) is 51.3 Å². The number of halogens is 2. The lowest BCUT2D eigenvalue weighted by Gasteiger charge is -2.16. The number of carbonyl (C=O) groups excluding carboxylic acids is 1. The van der Waals surface area contributed by atoms with Crippen LogP contribution in [-0.2, 0) is 4.79 Å². The number of nitrogens with zero attached hydrogens (tertiary/aromatic N) is 2. The minimum absolute atomic E-state index is 0.0634. The summed E-state index contributed by atoms with van der Waals surface area (Å²) in [6, 6.07) is 5.55. The average Bonchev–Trinajstić information content (AvgIpc) is 2.47. The molecule has 0 aliphatic rings. The third kappa shape index (κ3) is 4.61. The molecule has 21 heavy (non-hydrogen) atoms. The summed E-state index contributed by atoms with van der Waals surface area (Å²) in [5, 5.41) is 2.86. The Morgan fingerprint density at radius 2 is 2.05 bits per heavy atom. The molecule has 1 N–H and O–H groups in total. The number of carbonyl (C=O) groups is 1. The summed E-state index contributed by atoms with van der Waals surface area (Å²) in [6.45, 7) is 2.06. The summed E-state index contributed by atoms with van der Waals surface area (Å²) in [6.07, 6.45) is 6.78. The smallest absolute Gasteiger partial charge is 0.233 e. The fourth-order valence-corrected chi connectivity index (χ4v) is 2.64. The standard InChI is InChI=1S/C15H15Br2N3O/c1-2-3-13(10-6-12(17)8-18-7-10)15(21)20-14-5-4-11(16)9-19-14/h4-9,13H,2-3H2,1H3,(H,19,20,21). The van der Waals surface area contributed by atoms with Crippen molar-refractivity contribution in [2.75, 3.05) is 5.32 Å². The van der Waals surface area contributed by atoms with E-state index in [4.69, 9.17) is 0 Å². The summed E-state index contributed by atoms with van der Waals surface area (Å²) in [4.78, 5) is 20.8. The highest BCUT2D eigenvalue weighted by atomic mass is 79.9. The first-order valence-electron chi connectivity index (χ1n) is 6.63. The number of hydrogen-bond donors (Lipinski definition) is 1. The summed E-state index contributed by atoms with van der Waals surface area (Å²) in [7, 11) is 0. The second-order valence-electron chi connectivity index (χ2n) is 4.63. The van der Waals surface area contributed by atoms with E-state index in [0.717, 1.165) is 27.4 Å². The molecule has 2 heterocycles. The van der Waals surface area contributed by atoms with Crippen molar-refractivity contribution in [1.29, 1.82) is 0 Å². The van der Waals surface area contributed by atoms with Crippen molar-refractivity contribution in [3.8, 4) is 0 Å². The number of aromatic nitrogens is 2. The van der Waals surface area contributed by atoms with Gasteiger partial charge in [-0.2, -0.15) is 0 Å². The van der Waals surface area contributed by atoms with E-state index in [9.17, 15) is 4.79 Å². The molecule has 1 amide bonds. The van der Waals surface area contributed by atoms with Crippen LogP contribution in [0.4, 0.5) is 5.82 Å². The predicted molar refractivity (Wildman–Crippen MR) is 90.2 cm³/mol. The van der Waals surface area contributed by atoms with Gasteiger partial charge in [-0.25, -0.2) is 4.98 Å². The van der Waals surface area contributed by atoms with Gasteiger partial charge in [0.15, 0.2) is 0 Å². The van der Waals surface area contributed by atoms with E-state index in [1.165, 1.54) is 0 Å². The molecular formula is C15H15Br2N3O. The van der Waals surface area contributed by atoms with Crippen LogP contribution < -0.4 is 5.32 Å². The average molecular weight is 413 g/mol. The number of nitrogens with one attached hydrogen (secondary N) is 1. The molecule has 0 aromatic carbocycles. The van der Waals surface area contributed by atoms with Gasteiger partial charge in [0.25, 0.3) is 0 Å². The highest BCUT2D eigenvalue weighted by molar-refractivity contribution is 9.10. The number of anilines is 1. The van der Waals surface area contributed by atoms with E-state index in [0.29, 0.717) is 5.82 Å². The first-order chi connectivity index (χ1) is 10.1. The van der Waals surface area contributed by atoms with Crippen molar-refractivity contribution < 1.29 is 4.79 Å². The minimum Gasteiger partial charge on any atom is -0.310 e. The number of hydrogen-bond acceptors (Lipinski definition) is 3. The van der Waals surface area contributed by atoms with Crippen LogP contribution in [0, 0.1) is 0 Å². The summed E-state index contributed by atoms with van der Waals surface area (Å²) < 4.78 is 1.75. The largest absolute Gasteiger partial charge is 0.310 e. The maximum atomic E-state index is 12.5. The topological polar surface area (TPSA) is 54.9 Å². The minimum atomic E-state index is -0.231. The zero-order valence-corrected chi connectivity index (χ0v) is 14.7. The molecule has 0 spiro atoms. The monoisotopic (exact) mass is 411 g/mol. The molecule has 0 radical (unpaired) electrons. The number of pyridine rings is 2. The van der Waals surface area contributed by atoms with Crippen molar-refractivity contribution in [2.45, 2.75) is 25.7 Å². The van der Waals surface area contributed by atoms with Crippen LogP contribution in [0.2, 0.25) is 0 Å². The Bertz CT molecular complexity index is 617. The lowest BCUT2D eigenvalue weighted by atomic mass is 9.95. The van der Waals surface area contributed by atoms with Crippen LogP contribution in [0.1, 0.15) is 31.2 Å². The first kappa shape index (κ1) is 16.1. The maximum absolute atomic E-state index is 12.5. The van der Waals surface area contributed by atoms with E-state index in [1.807, 2.05) is 12.1 Å². The number of amides is 1. The molecule has 2 rings (SSSR count). The molecule has 0 fully saturated rings. The normalized spacial score (nSPS) is 12.0. The third-order valence-corrected chi connectivity index (χ3v) is 3.90. The van der Waals surface area contributed by atoms with Gasteiger partial charge in [-0.3, -0.25) is 9.78 Å². The molecule has 1 unspecified atom stereocenters. The van der Waals surface area contributed by atoms with E-state index in [2.05, 4.69) is 54.1 Å². The van der Waals surface area contributed by atoms with Crippen molar-refractivity contribution in [3.63, 3.8) is 0 Å². The van der Waals surface area contributed by atoms with Crippen LogP contribution in [-0.4, -0.2) is 15.9 Å². The number of rotatable bonds is 5. The van der Waals surface area contributed by atoms with Gasteiger partial charge in [-0.15, -0.1) is 0 Å². The molecule has 0 saturated heterocycles. The molecule has 0 bridgehead atoms. The first-order valence-corrected chi connectivity index (χ1v) is 8.21. The molecule has 2 aromatic heterocycles. The Morgan fingerprint density at radius 3 is 2.67 bits per heavy atom. The Balaban J connectivity index is 2.17. The summed E-state index contributed by atoms with van der Waals surface area (Å²) >= 11 is 6.72. The molecule has 4 nitrogen and oxygen atoms in total. The highest BCUT2D eigenvalue weighted by Crippen LogP contribution is 2.25. The molecule has 1 atom stereocenters. The maximum Gasteiger partial charge on any atom is 0.233 e. The molecule has 6 heteroatoms. The fraction of sp³-hybridized carbons (Fsp3) is 0.267. The molecule has 0 aliphatic heterocycles. The van der Waals surface area contributed by atoms with E-state index < -0.39 is 0 Å². The fourth-order valence-electron chi connectivity index (χ4n) is 2.02. The van der Waals surface area contributed by atoms with Gasteiger partial charge in [-0.05, 0) is 62.0 Å². The lowest BCUT2D eigenvalue weighted by molar-refractivity contribution is -0.117. The Kier molecular flexibility index (Phi) is 5.87. The van der Waals surface area contributed by atoms with Gasteiger partial charge < -0.3 is 5.32 Å².